The van der Waals surface area contributed by atoms with Crippen molar-refractivity contribution >= 4 is 34.5 Å². The second kappa shape index (κ2) is 8.04. The summed E-state index contributed by atoms with van der Waals surface area (Å²) in [5.41, 5.74) is 0.778. The predicted octanol–water partition coefficient (Wildman–Crippen LogP) is 3.56. The molecule has 2 aromatic rings. The topological polar surface area (TPSA) is 58.1 Å². The van der Waals surface area contributed by atoms with Crippen molar-refractivity contribution in [2.24, 2.45) is 0 Å². The number of benzene rings is 1. The Labute approximate surface area is 134 Å². The van der Waals surface area contributed by atoms with Crippen LogP contribution in [0.3, 0.4) is 0 Å². The number of carbonyl (C=O) groups is 1. The third kappa shape index (κ3) is 4.92. The van der Waals surface area contributed by atoms with Crippen molar-refractivity contribution < 1.29 is 13.6 Å². The number of aromatic nitrogens is 2. The molecule has 9 heteroatoms. The van der Waals surface area contributed by atoms with E-state index >= 15 is 0 Å². The van der Waals surface area contributed by atoms with Gasteiger partial charge in [0.1, 0.15) is 0 Å². The summed E-state index contributed by atoms with van der Waals surface area (Å²) in [7, 11) is 0. The first-order chi connectivity index (χ1) is 10.6. The van der Waals surface area contributed by atoms with E-state index in [-0.39, 0.29) is 6.54 Å². The van der Waals surface area contributed by atoms with Gasteiger partial charge in [-0.3, -0.25) is 5.32 Å². The van der Waals surface area contributed by atoms with Crippen LogP contribution in [-0.4, -0.2) is 39.5 Å². The van der Waals surface area contributed by atoms with Crippen molar-refractivity contribution in [2.45, 2.75) is 18.1 Å². The van der Waals surface area contributed by atoms with Crippen molar-refractivity contribution in [3.63, 3.8) is 0 Å². The number of anilines is 1. The highest BCUT2D eigenvalue weighted by molar-refractivity contribution is 7.98. The lowest BCUT2D eigenvalue weighted by Crippen LogP contribution is -2.37. The molecule has 0 aliphatic heterocycles. The fraction of sp³-hybridized carbons (Fsp3) is 0.308. The van der Waals surface area contributed by atoms with Gasteiger partial charge in [-0.1, -0.05) is 42.1 Å². The van der Waals surface area contributed by atoms with Gasteiger partial charge in [0.05, 0.1) is 6.54 Å². The van der Waals surface area contributed by atoms with Gasteiger partial charge in [-0.05, 0) is 11.8 Å². The number of hydrogen-bond acceptors (Lipinski definition) is 5. The lowest BCUT2D eigenvalue weighted by atomic mass is 10.2. The molecule has 0 saturated heterocycles. The van der Waals surface area contributed by atoms with Crippen LogP contribution in [0.4, 0.5) is 18.7 Å². The monoisotopic (exact) mass is 344 g/mol. The number of thioether (sulfide) groups is 1. The number of halogens is 2. The average molecular weight is 344 g/mol. The predicted molar refractivity (Wildman–Crippen MR) is 83.6 cm³/mol. The highest BCUT2D eigenvalue weighted by atomic mass is 32.2. The summed E-state index contributed by atoms with van der Waals surface area (Å²) in [6, 6.07) is 8.36. The molecule has 0 aliphatic carbocycles. The van der Waals surface area contributed by atoms with E-state index in [1.165, 1.54) is 11.8 Å². The summed E-state index contributed by atoms with van der Waals surface area (Å²) in [5.74, 6) is 0. The molecule has 1 aromatic carbocycles. The molecule has 0 unspecified atom stereocenters. The molecule has 0 atom stereocenters. The van der Waals surface area contributed by atoms with E-state index in [9.17, 15) is 13.6 Å². The van der Waals surface area contributed by atoms with Crippen molar-refractivity contribution in [3.05, 3.63) is 35.9 Å². The van der Waals surface area contributed by atoms with Crippen LogP contribution in [0, 0.1) is 0 Å². The van der Waals surface area contributed by atoms with Crippen molar-refractivity contribution in [1.29, 1.82) is 0 Å². The number of nitrogens with zero attached hydrogens (tertiary/aromatic N) is 3. The number of carbonyl (C=O) groups excluding carboxylic acids is 1. The van der Waals surface area contributed by atoms with Crippen molar-refractivity contribution in [2.75, 3.05) is 18.1 Å². The van der Waals surface area contributed by atoms with Crippen LogP contribution in [0.15, 0.2) is 35.5 Å². The first-order valence-electron chi connectivity index (χ1n) is 6.34. The summed E-state index contributed by atoms with van der Waals surface area (Å²) < 4.78 is 29.4. The Balaban J connectivity index is 2.05. The van der Waals surface area contributed by atoms with Gasteiger partial charge >= 0.3 is 6.03 Å². The van der Waals surface area contributed by atoms with Crippen LogP contribution in [0.1, 0.15) is 5.56 Å². The van der Waals surface area contributed by atoms with E-state index in [0.717, 1.165) is 22.0 Å². The number of alkyl halides is 2. The van der Waals surface area contributed by atoms with Crippen LogP contribution < -0.4 is 5.32 Å². The van der Waals surface area contributed by atoms with Gasteiger partial charge in [-0.15, -0.1) is 0 Å². The summed E-state index contributed by atoms with van der Waals surface area (Å²) in [6.07, 6.45) is -0.794. The van der Waals surface area contributed by atoms with Crippen LogP contribution in [0.2, 0.25) is 0 Å². The fourth-order valence-electron chi connectivity index (χ4n) is 1.70. The Morgan fingerprint density at radius 2 is 2.14 bits per heavy atom. The molecule has 0 bridgehead atoms. The molecule has 0 aliphatic rings. The normalized spacial score (nSPS) is 10.7. The van der Waals surface area contributed by atoms with Gasteiger partial charge in [0.15, 0.2) is 0 Å². The third-order valence-corrected chi connectivity index (χ3v) is 3.96. The molecule has 0 spiro atoms. The van der Waals surface area contributed by atoms with Gasteiger partial charge in [0.2, 0.25) is 10.3 Å². The Bertz CT molecular complexity index is 609. The zero-order valence-electron chi connectivity index (χ0n) is 11.7. The van der Waals surface area contributed by atoms with Gasteiger partial charge in [-0.25, -0.2) is 13.6 Å². The summed E-state index contributed by atoms with van der Waals surface area (Å²) in [6.45, 7) is -0.542. The number of urea groups is 1. The Morgan fingerprint density at radius 1 is 1.41 bits per heavy atom. The zero-order valence-corrected chi connectivity index (χ0v) is 13.3. The summed E-state index contributed by atoms with van der Waals surface area (Å²) in [4.78, 5) is 17.3. The number of hydrogen-bond donors (Lipinski definition) is 1. The molecule has 2 rings (SSSR count). The Kier molecular flexibility index (Phi) is 6.08. The largest absolute Gasteiger partial charge is 0.324 e. The quantitative estimate of drug-likeness (QED) is 0.814. The molecular weight excluding hydrogens is 330 g/mol. The maximum absolute atomic E-state index is 12.7. The number of amides is 2. The standard InChI is InChI=1S/C13H14F2N4OS2/c1-21-12-16-11(22-18-12)17-13(20)19(8-10(14)15)7-9-5-3-2-4-6-9/h2-6,10H,7-8H2,1H3,(H,16,17,18,20). The molecule has 1 aromatic heterocycles. The second-order valence-electron chi connectivity index (χ2n) is 4.27. The van der Waals surface area contributed by atoms with Crippen molar-refractivity contribution in [1.82, 2.24) is 14.3 Å². The van der Waals surface area contributed by atoms with Gasteiger partial charge in [0, 0.05) is 18.1 Å². The first-order valence-corrected chi connectivity index (χ1v) is 8.34. The van der Waals surface area contributed by atoms with Crippen LogP contribution >= 0.6 is 23.3 Å². The average Bonchev–Trinajstić information content (AvgIpc) is 2.95. The van der Waals surface area contributed by atoms with E-state index < -0.39 is 19.0 Å². The minimum absolute atomic E-state index is 0.102. The molecule has 22 heavy (non-hydrogen) atoms. The molecule has 0 fully saturated rings. The summed E-state index contributed by atoms with van der Waals surface area (Å²) in [5, 5.41) is 3.33. The maximum atomic E-state index is 12.7. The van der Waals surface area contributed by atoms with E-state index in [1.807, 2.05) is 12.3 Å². The van der Waals surface area contributed by atoms with Crippen LogP contribution in [0.5, 0.6) is 0 Å². The molecule has 1 N–H and O–H groups in total. The molecule has 5 nitrogen and oxygen atoms in total. The van der Waals surface area contributed by atoms with E-state index in [2.05, 4.69) is 14.7 Å². The number of rotatable bonds is 6. The lowest BCUT2D eigenvalue weighted by Gasteiger charge is -2.22. The van der Waals surface area contributed by atoms with E-state index in [0.29, 0.717) is 10.3 Å². The molecule has 0 saturated carbocycles. The first kappa shape index (κ1) is 16.6. The smallest absolute Gasteiger partial charge is 0.314 e. The van der Waals surface area contributed by atoms with Gasteiger partial charge < -0.3 is 4.90 Å². The molecular formula is C13H14F2N4OS2. The van der Waals surface area contributed by atoms with Gasteiger partial charge in [-0.2, -0.15) is 9.36 Å². The van der Waals surface area contributed by atoms with Crippen LogP contribution in [0.25, 0.3) is 0 Å². The van der Waals surface area contributed by atoms with Crippen LogP contribution in [-0.2, 0) is 6.54 Å². The maximum Gasteiger partial charge on any atom is 0.324 e. The SMILES string of the molecule is CSc1nsc(NC(=O)N(Cc2ccccc2)CC(F)F)n1. The third-order valence-electron chi connectivity index (χ3n) is 2.67. The molecule has 0 radical (unpaired) electrons. The fourth-order valence-corrected chi connectivity index (χ4v) is 2.82. The molecule has 118 valence electrons. The minimum atomic E-state index is -2.61. The van der Waals surface area contributed by atoms with Gasteiger partial charge in [0.25, 0.3) is 6.43 Å². The highest BCUT2D eigenvalue weighted by Gasteiger charge is 2.20. The van der Waals surface area contributed by atoms with E-state index in [4.69, 9.17) is 0 Å². The second-order valence-corrected chi connectivity index (χ2v) is 5.80. The lowest BCUT2D eigenvalue weighted by molar-refractivity contribution is 0.0997. The Morgan fingerprint density at radius 3 is 2.73 bits per heavy atom. The molecule has 2 amide bonds. The number of nitrogens with one attached hydrogen (secondary N) is 1. The molecule has 1 heterocycles. The summed E-state index contributed by atoms with van der Waals surface area (Å²) >= 11 is 2.36. The van der Waals surface area contributed by atoms with E-state index in [1.54, 1.807) is 24.3 Å². The zero-order chi connectivity index (χ0) is 15.9. The highest BCUT2D eigenvalue weighted by Crippen LogP contribution is 2.18. The van der Waals surface area contributed by atoms with Crippen molar-refractivity contribution in [3.8, 4) is 0 Å². The minimum Gasteiger partial charge on any atom is -0.314 e. The Hall–Kier alpha value is -1.74.